The normalized spacial score (nSPS) is 52.3. The molecule has 2 aliphatic carbocycles. The van der Waals surface area contributed by atoms with E-state index in [1.54, 1.807) is 0 Å². The van der Waals surface area contributed by atoms with Gasteiger partial charge >= 0.3 is 11.9 Å². The number of rotatable bonds is 5. The monoisotopic (exact) mass is 806 g/mol. The Hall–Kier alpha value is -2.03. The maximum Gasteiger partial charge on any atom is 0.340 e. The van der Waals surface area contributed by atoms with Crippen LogP contribution in [0, 0.1) is 29.6 Å². The van der Waals surface area contributed by atoms with Gasteiger partial charge in [-0.05, 0) is 62.8 Å². The van der Waals surface area contributed by atoms with Crippen LogP contribution in [0.25, 0.3) is 0 Å². The van der Waals surface area contributed by atoms with E-state index in [0.717, 1.165) is 0 Å². The first-order chi connectivity index (χ1) is 26.3. The molecule has 5 heterocycles. The third-order valence-corrected chi connectivity index (χ3v) is 13.4. The molecule has 0 aromatic carbocycles. The van der Waals surface area contributed by atoms with Crippen LogP contribution in [0.5, 0.6) is 0 Å². The molecule has 7 rings (SSSR count). The minimum absolute atomic E-state index is 0.00463. The number of nitrogens with one attached hydrogen (secondary N) is 1. The molecule has 0 radical (unpaired) electrons. The standard InChI is InChI=1S/C35H54N2O19/c36-20-4-2-12(10-37-20)13-5-6-34(55-19-9-18-22(23(41)21(13)19)16(40)8-17(52-18)11-1-3-14(38)15(39)7-11)28(45)25(43)24(42)27(56-34)32(49)54-33-26(44)29(46)35(50,51)30(53-33)31(47)48/h11-15,17-30,33,37-39,41-46,50-51H,1-10,36H2,(H,47,48)/t11?,12?,13?,14?,15?,17?,18?,19?,20?,21?,22?,23?,24-,25-,26+,27-,28+,29+,30+,33-,34-/m0/s1. The van der Waals surface area contributed by atoms with Crippen molar-refractivity contribution >= 4 is 17.7 Å². The van der Waals surface area contributed by atoms with E-state index in [4.69, 9.17) is 29.4 Å². The topological polar surface area (TPSA) is 358 Å². The predicted octanol–water partition coefficient (Wildman–Crippen LogP) is -5.76. The summed E-state index contributed by atoms with van der Waals surface area (Å²) in [5.74, 6) is -12.0. The molecule has 0 aromatic heterocycles. The number of ether oxygens (including phenoxy) is 5. The zero-order valence-corrected chi connectivity index (χ0v) is 30.4. The summed E-state index contributed by atoms with van der Waals surface area (Å²) in [7, 11) is 0. The molecule has 12 unspecified atom stereocenters. The van der Waals surface area contributed by atoms with Crippen LogP contribution in [0.4, 0.5) is 0 Å². The second kappa shape index (κ2) is 15.9. The van der Waals surface area contributed by atoms with Crippen molar-refractivity contribution < 1.29 is 94.2 Å². The third kappa shape index (κ3) is 7.41. The summed E-state index contributed by atoms with van der Waals surface area (Å²) >= 11 is 0. The number of esters is 1. The second-order valence-electron chi connectivity index (χ2n) is 16.8. The van der Waals surface area contributed by atoms with Gasteiger partial charge in [-0.25, -0.2) is 9.59 Å². The molecular weight excluding hydrogens is 752 g/mol. The van der Waals surface area contributed by atoms with Gasteiger partial charge in [-0.15, -0.1) is 0 Å². The Bertz CT molecular complexity index is 1470. The first-order valence-electron chi connectivity index (χ1n) is 19.3. The van der Waals surface area contributed by atoms with Crippen molar-refractivity contribution in [1.82, 2.24) is 5.32 Å². The molecule has 7 fully saturated rings. The largest absolute Gasteiger partial charge is 0.479 e. The fourth-order valence-corrected chi connectivity index (χ4v) is 10.3. The van der Waals surface area contributed by atoms with Gasteiger partial charge in [-0.3, -0.25) is 4.79 Å². The van der Waals surface area contributed by atoms with Crippen molar-refractivity contribution in [1.29, 1.82) is 0 Å². The average molecular weight is 807 g/mol. The number of aliphatic carboxylic acids is 1. The van der Waals surface area contributed by atoms with Crippen LogP contribution in [-0.4, -0.2) is 184 Å². The van der Waals surface area contributed by atoms with E-state index in [9.17, 15) is 70.6 Å². The number of aliphatic hydroxyl groups excluding tert-OH is 8. The van der Waals surface area contributed by atoms with E-state index in [2.05, 4.69) is 5.32 Å². The fraction of sp³-hybridized carbons (Fsp3) is 0.914. The summed E-state index contributed by atoms with van der Waals surface area (Å²) in [4.78, 5) is 39.1. The number of carbonyl (C=O) groups excluding carboxylic acids is 2. The zero-order chi connectivity index (χ0) is 40.6. The van der Waals surface area contributed by atoms with E-state index in [1.807, 2.05) is 0 Å². The molecule has 21 atom stereocenters. The van der Waals surface area contributed by atoms with Crippen LogP contribution >= 0.6 is 0 Å². The van der Waals surface area contributed by atoms with E-state index in [0.29, 0.717) is 32.2 Å². The molecule has 0 bridgehead atoms. The highest BCUT2D eigenvalue weighted by atomic mass is 16.8. The second-order valence-corrected chi connectivity index (χ2v) is 16.8. The smallest absolute Gasteiger partial charge is 0.340 e. The summed E-state index contributed by atoms with van der Waals surface area (Å²) in [5.41, 5.74) is 6.12. The number of Topliss-reactive ketones (excluding diaryl/α,β-unsaturated/α-hetero) is 1. The minimum atomic E-state index is -3.50. The van der Waals surface area contributed by atoms with Crippen molar-refractivity contribution in [3.8, 4) is 0 Å². The molecule has 0 aromatic rings. The lowest BCUT2D eigenvalue weighted by Gasteiger charge is -2.53. The third-order valence-electron chi connectivity index (χ3n) is 13.4. The summed E-state index contributed by atoms with van der Waals surface area (Å²) in [6.07, 6.45) is -22.3. The Labute approximate surface area is 320 Å². The van der Waals surface area contributed by atoms with Crippen LogP contribution in [0.15, 0.2) is 0 Å². The molecule has 318 valence electrons. The summed E-state index contributed by atoms with van der Waals surface area (Å²) in [6.45, 7) is 0.445. The SMILES string of the molecule is NC1CCC(C2CC[C@]3(OC4CC5OC(C6CCC(O)C(O)C6)CC(=O)C5C(O)C42)O[C@H](C(=O)O[C@@H]2O[C@H](C(=O)O)C(O)(O)[C@H](O)[C@H]2O)[C@@H](O)[C@H](O)[C@H]3O)CN1. The van der Waals surface area contributed by atoms with Crippen LogP contribution in [0.2, 0.25) is 0 Å². The molecular formula is C35H54N2O19. The Morgan fingerprint density at radius 1 is 0.768 bits per heavy atom. The van der Waals surface area contributed by atoms with E-state index in [-0.39, 0.29) is 55.9 Å². The van der Waals surface area contributed by atoms with Crippen molar-refractivity contribution in [3.63, 3.8) is 0 Å². The van der Waals surface area contributed by atoms with Crippen LogP contribution in [0.1, 0.15) is 57.8 Å². The van der Waals surface area contributed by atoms with E-state index in [1.165, 1.54) is 0 Å². The number of carboxylic acids is 1. The number of carboxylic acid groups (broad SMARTS) is 1. The molecule has 56 heavy (non-hydrogen) atoms. The quantitative estimate of drug-likeness (QED) is 0.0909. The highest BCUT2D eigenvalue weighted by Gasteiger charge is 2.64. The first kappa shape index (κ1) is 42.1. The van der Waals surface area contributed by atoms with E-state index < -0.39 is 127 Å². The Balaban J connectivity index is 1.17. The lowest BCUT2D eigenvalue weighted by Crippen LogP contribution is -2.70. The number of aliphatic hydroxyl groups is 10. The first-order valence-corrected chi connectivity index (χ1v) is 19.3. The molecule has 21 heteroatoms. The van der Waals surface area contributed by atoms with Gasteiger partial charge in [0, 0.05) is 25.2 Å². The molecule has 5 aliphatic heterocycles. The van der Waals surface area contributed by atoms with Gasteiger partial charge in [0.25, 0.3) is 0 Å². The van der Waals surface area contributed by atoms with Crippen molar-refractivity contribution in [2.45, 2.75) is 161 Å². The van der Waals surface area contributed by atoms with Crippen molar-refractivity contribution in [2.75, 3.05) is 6.54 Å². The average Bonchev–Trinajstić information content (AvgIpc) is 3.31. The van der Waals surface area contributed by atoms with Gasteiger partial charge in [-0.1, -0.05) is 0 Å². The van der Waals surface area contributed by atoms with Crippen LogP contribution in [0.3, 0.4) is 0 Å². The van der Waals surface area contributed by atoms with Crippen molar-refractivity contribution in [2.24, 2.45) is 35.3 Å². The molecule has 21 nitrogen and oxygen atoms in total. The highest BCUT2D eigenvalue weighted by molar-refractivity contribution is 5.83. The highest BCUT2D eigenvalue weighted by Crippen LogP contribution is 2.52. The summed E-state index contributed by atoms with van der Waals surface area (Å²) in [5, 5.41) is 120. The number of nitrogens with two attached hydrogens (primary N) is 1. The zero-order valence-electron chi connectivity index (χ0n) is 30.4. The Kier molecular flexibility index (Phi) is 11.9. The number of ketones is 1. The maximum atomic E-state index is 13.9. The molecule has 0 amide bonds. The van der Waals surface area contributed by atoms with Gasteiger partial charge in [0.15, 0.2) is 11.9 Å². The molecule has 7 aliphatic rings. The number of piperidine rings is 1. The van der Waals surface area contributed by atoms with Gasteiger partial charge in [-0.2, -0.15) is 0 Å². The van der Waals surface area contributed by atoms with Gasteiger partial charge < -0.3 is 90.9 Å². The lowest BCUT2D eigenvalue weighted by atomic mass is 9.62. The molecule has 2 saturated carbocycles. The number of fused-ring (bicyclic) bond motifs is 2. The maximum absolute atomic E-state index is 13.9. The fourth-order valence-electron chi connectivity index (χ4n) is 10.3. The Morgan fingerprint density at radius 3 is 2.14 bits per heavy atom. The van der Waals surface area contributed by atoms with E-state index >= 15 is 0 Å². The number of hydrogen-bond donors (Lipinski definition) is 13. The summed E-state index contributed by atoms with van der Waals surface area (Å²) < 4.78 is 29.1. The van der Waals surface area contributed by atoms with Crippen LogP contribution < -0.4 is 11.1 Å². The molecule has 5 saturated heterocycles. The number of hydrogen-bond acceptors (Lipinski definition) is 20. The Morgan fingerprint density at radius 2 is 1.48 bits per heavy atom. The van der Waals surface area contributed by atoms with Gasteiger partial charge in [0.1, 0.15) is 36.3 Å². The molecule has 14 N–H and O–H groups in total. The lowest BCUT2D eigenvalue weighted by molar-refractivity contribution is -0.385. The molecule has 1 spiro atoms. The van der Waals surface area contributed by atoms with Gasteiger partial charge in [0.05, 0.1) is 48.7 Å². The predicted molar refractivity (Wildman–Crippen MR) is 179 cm³/mol. The number of carbonyl (C=O) groups is 3. The van der Waals surface area contributed by atoms with Crippen molar-refractivity contribution in [3.05, 3.63) is 0 Å². The minimum Gasteiger partial charge on any atom is -0.479 e. The van der Waals surface area contributed by atoms with Crippen LogP contribution in [-0.2, 0) is 38.1 Å². The van der Waals surface area contributed by atoms with Gasteiger partial charge in [0.2, 0.25) is 18.2 Å². The summed E-state index contributed by atoms with van der Waals surface area (Å²) in [6, 6.07) is 0.